The van der Waals surface area contributed by atoms with Crippen molar-refractivity contribution >= 4 is 40.8 Å². The summed E-state index contributed by atoms with van der Waals surface area (Å²) in [6.07, 6.45) is -0.473. The Morgan fingerprint density at radius 3 is 2.24 bits per heavy atom. The van der Waals surface area contributed by atoms with Gasteiger partial charge in [-0.05, 0) is 30.2 Å². The van der Waals surface area contributed by atoms with Gasteiger partial charge in [0.25, 0.3) is 11.6 Å². The average molecular weight is 471 g/mol. The van der Waals surface area contributed by atoms with Crippen LogP contribution >= 0.6 is 0 Å². The number of hydrogen-bond donors (Lipinski definition) is 2. The van der Waals surface area contributed by atoms with Gasteiger partial charge in [-0.2, -0.15) is 0 Å². The van der Waals surface area contributed by atoms with Gasteiger partial charge in [0.2, 0.25) is 5.91 Å². The number of nitro groups is 1. The van der Waals surface area contributed by atoms with Gasteiger partial charge in [-0.3, -0.25) is 24.5 Å². The molecule has 180 valence electrons. The highest BCUT2D eigenvalue weighted by atomic mass is 16.6. The lowest BCUT2D eigenvalue weighted by Gasteiger charge is -2.09. The summed E-state index contributed by atoms with van der Waals surface area (Å²) in [6, 6.07) is 11.5. The van der Waals surface area contributed by atoms with Crippen LogP contribution in [0.25, 0.3) is 0 Å². The molecule has 0 fully saturated rings. The topological polar surface area (TPSA) is 154 Å². The molecule has 0 aliphatic carbocycles. The van der Waals surface area contributed by atoms with Crippen LogP contribution in [-0.2, 0) is 23.9 Å². The second-order valence-corrected chi connectivity index (χ2v) is 7.64. The first-order valence-corrected chi connectivity index (χ1v) is 10.4. The first-order chi connectivity index (χ1) is 16.1. The highest BCUT2D eigenvalue weighted by molar-refractivity contribution is 5.96. The molecule has 0 saturated heterocycles. The molecule has 0 heterocycles. The smallest absolute Gasteiger partial charge is 0.338 e. The van der Waals surface area contributed by atoms with E-state index in [9.17, 15) is 29.3 Å². The fraction of sp³-hybridized carbons (Fsp3) is 0.304. The van der Waals surface area contributed by atoms with E-state index in [0.717, 1.165) is 0 Å². The summed E-state index contributed by atoms with van der Waals surface area (Å²) in [7, 11) is 0. The van der Waals surface area contributed by atoms with E-state index in [1.807, 2.05) is 13.8 Å². The Labute approximate surface area is 195 Å². The predicted octanol–water partition coefficient (Wildman–Crippen LogP) is 3.31. The molecule has 0 aliphatic heterocycles. The zero-order chi connectivity index (χ0) is 25.1. The van der Waals surface area contributed by atoms with Gasteiger partial charge >= 0.3 is 11.9 Å². The Hall–Kier alpha value is -4.28. The average Bonchev–Trinajstić information content (AvgIpc) is 2.80. The lowest BCUT2D eigenvalue weighted by Crippen LogP contribution is -2.21. The van der Waals surface area contributed by atoms with Gasteiger partial charge in [-0.1, -0.05) is 26.0 Å². The zero-order valence-corrected chi connectivity index (χ0v) is 18.7. The van der Waals surface area contributed by atoms with E-state index in [1.165, 1.54) is 30.3 Å². The number of esters is 2. The summed E-state index contributed by atoms with van der Waals surface area (Å²) >= 11 is 0. The van der Waals surface area contributed by atoms with Crippen LogP contribution in [0.3, 0.4) is 0 Å². The quantitative estimate of drug-likeness (QED) is 0.287. The van der Waals surface area contributed by atoms with Crippen molar-refractivity contribution in [3.05, 3.63) is 64.2 Å². The second-order valence-electron chi connectivity index (χ2n) is 7.64. The lowest BCUT2D eigenvalue weighted by molar-refractivity contribution is -0.384. The van der Waals surface area contributed by atoms with Gasteiger partial charge in [0.1, 0.15) is 0 Å². The first kappa shape index (κ1) is 26.0. The number of benzene rings is 2. The van der Waals surface area contributed by atoms with Crippen LogP contribution in [0.5, 0.6) is 0 Å². The molecule has 0 aromatic heterocycles. The molecular weight excluding hydrogens is 446 g/mol. The van der Waals surface area contributed by atoms with Gasteiger partial charge in [-0.25, -0.2) is 4.79 Å². The molecule has 0 radical (unpaired) electrons. The Morgan fingerprint density at radius 2 is 1.56 bits per heavy atom. The number of nitro benzene ring substituents is 1. The molecule has 11 nitrogen and oxygen atoms in total. The Balaban J connectivity index is 1.74. The van der Waals surface area contributed by atoms with Gasteiger partial charge in [-0.15, -0.1) is 0 Å². The molecule has 2 amide bonds. The van der Waals surface area contributed by atoms with E-state index in [4.69, 9.17) is 9.47 Å². The van der Waals surface area contributed by atoms with Gasteiger partial charge in [0.05, 0.1) is 23.5 Å². The highest BCUT2D eigenvalue weighted by Crippen LogP contribution is 2.17. The molecule has 0 aliphatic rings. The number of nitrogens with one attached hydrogen (secondary N) is 2. The van der Waals surface area contributed by atoms with Crippen molar-refractivity contribution in [1.29, 1.82) is 0 Å². The third-order valence-corrected chi connectivity index (χ3v) is 4.19. The summed E-state index contributed by atoms with van der Waals surface area (Å²) in [5.74, 6) is -2.24. The van der Waals surface area contributed by atoms with Crippen LogP contribution in [-0.4, -0.2) is 41.9 Å². The summed E-state index contributed by atoms with van der Waals surface area (Å²) < 4.78 is 9.98. The van der Waals surface area contributed by atoms with Crippen LogP contribution in [0.2, 0.25) is 0 Å². The number of amides is 2. The maximum atomic E-state index is 12.1. The molecule has 11 heteroatoms. The van der Waals surface area contributed by atoms with E-state index in [-0.39, 0.29) is 42.3 Å². The molecule has 2 N–H and O–H groups in total. The van der Waals surface area contributed by atoms with E-state index < -0.39 is 35.3 Å². The lowest BCUT2D eigenvalue weighted by atomic mass is 10.2. The van der Waals surface area contributed by atoms with Crippen LogP contribution < -0.4 is 10.6 Å². The number of hydrogen-bond acceptors (Lipinski definition) is 8. The third kappa shape index (κ3) is 9.07. The number of nitrogens with zero attached hydrogens (tertiary/aromatic N) is 1. The van der Waals surface area contributed by atoms with Gasteiger partial charge in [0, 0.05) is 29.9 Å². The van der Waals surface area contributed by atoms with Crippen molar-refractivity contribution in [2.45, 2.75) is 26.7 Å². The summed E-state index contributed by atoms with van der Waals surface area (Å²) in [4.78, 5) is 58.0. The molecular formula is C23H25N3O8. The van der Waals surface area contributed by atoms with Crippen LogP contribution in [0, 0.1) is 16.0 Å². The van der Waals surface area contributed by atoms with E-state index in [2.05, 4.69) is 10.6 Å². The van der Waals surface area contributed by atoms with Crippen molar-refractivity contribution < 1.29 is 33.6 Å². The zero-order valence-electron chi connectivity index (χ0n) is 18.7. The summed E-state index contributed by atoms with van der Waals surface area (Å²) in [5.41, 5.74) is 0.644. The Bertz CT molecular complexity index is 1070. The van der Waals surface area contributed by atoms with Crippen LogP contribution in [0.4, 0.5) is 17.1 Å². The number of anilines is 2. The van der Waals surface area contributed by atoms with Gasteiger partial charge in [0.15, 0.2) is 6.61 Å². The van der Waals surface area contributed by atoms with Crippen LogP contribution in [0.1, 0.15) is 37.0 Å². The second kappa shape index (κ2) is 12.7. The van der Waals surface area contributed by atoms with Crippen molar-refractivity contribution in [2.75, 3.05) is 23.8 Å². The number of carbonyl (C=O) groups excluding carboxylic acids is 4. The molecule has 34 heavy (non-hydrogen) atoms. The van der Waals surface area contributed by atoms with E-state index >= 15 is 0 Å². The molecule has 2 aromatic rings. The number of carbonyl (C=O) groups is 4. The first-order valence-electron chi connectivity index (χ1n) is 10.4. The normalized spacial score (nSPS) is 10.3. The minimum atomic E-state index is -0.768. The number of ether oxygens (including phenoxy) is 2. The SMILES string of the molecule is CC(C)COC(=O)c1cccc(NC(=O)CCC(=O)OCC(=O)Nc2cccc([N+](=O)[O-])c2)c1. The Kier molecular flexibility index (Phi) is 9.69. The van der Waals surface area contributed by atoms with Crippen molar-refractivity contribution in [3.63, 3.8) is 0 Å². The van der Waals surface area contributed by atoms with Crippen molar-refractivity contribution in [3.8, 4) is 0 Å². The Morgan fingerprint density at radius 1 is 0.912 bits per heavy atom. The molecule has 0 bridgehead atoms. The summed E-state index contributed by atoms with van der Waals surface area (Å²) in [5, 5.41) is 15.7. The molecule has 0 saturated carbocycles. The largest absolute Gasteiger partial charge is 0.462 e. The molecule has 2 rings (SSSR count). The molecule has 0 atom stereocenters. The maximum Gasteiger partial charge on any atom is 0.338 e. The van der Waals surface area contributed by atoms with E-state index in [1.54, 1.807) is 18.2 Å². The fourth-order valence-corrected chi connectivity index (χ4v) is 2.60. The molecule has 2 aromatic carbocycles. The highest BCUT2D eigenvalue weighted by Gasteiger charge is 2.14. The van der Waals surface area contributed by atoms with Crippen molar-refractivity contribution in [2.24, 2.45) is 5.92 Å². The van der Waals surface area contributed by atoms with E-state index in [0.29, 0.717) is 5.69 Å². The monoisotopic (exact) mass is 471 g/mol. The third-order valence-electron chi connectivity index (χ3n) is 4.19. The van der Waals surface area contributed by atoms with Gasteiger partial charge < -0.3 is 20.1 Å². The fourth-order valence-electron chi connectivity index (χ4n) is 2.60. The minimum Gasteiger partial charge on any atom is -0.462 e. The van der Waals surface area contributed by atoms with Crippen LogP contribution in [0.15, 0.2) is 48.5 Å². The minimum absolute atomic E-state index is 0.185. The molecule has 0 spiro atoms. The summed E-state index contributed by atoms with van der Waals surface area (Å²) in [6.45, 7) is 3.50. The number of non-ortho nitro benzene ring substituents is 1. The van der Waals surface area contributed by atoms with Crippen molar-refractivity contribution in [1.82, 2.24) is 0 Å². The molecule has 0 unspecified atom stereocenters. The maximum absolute atomic E-state index is 12.1. The standard InChI is InChI=1S/C23H25N3O8/c1-15(2)13-34-23(30)16-5-3-6-17(11-16)24-20(27)9-10-22(29)33-14-21(28)25-18-7-4-8-19(12-18)26(31)32/h3-8,11-12,15H,9-10,13-14H2,1-2H3,(H,24,27)(H,25,28). The number of rotatable bonds is 11. The predicted molar refractivity (Wildman–Crippen MR) is 122 cm³/mol.